The number of hydrogen-bond donors (Lipinski definition) is 3. The molecule has 4 fully saturated rings. The smallest absolute Gasteiger partial charge is 0.156 e. The van der Waals surface area contributed by atoms with E-state index in [1.54, 1.807) is 5.01 Å². The molecule has 9 nitrogen and oxygen atoms in total. The highest BCUT2D eigenvalue weighted by Crippen LogP contribution is 2.69. The normalized spacial score (nSPS) is 44.8. The van der Waals surface area contributed by atoms with Gasteiger partial charge in [0.15, 0.2) is 6.29 Å². The van der Waals surface area contributed by atoms with Gasteiger partial charge in [-0.3, -0.25) is 0 Å². The van der Waals surface area contributed by atoms with E-state index in [2.05, 4.69) is 31.2 Å². The number of fused-ring (bicyclic) bond motifs is 7. The molecule has 0 bridgehead atoms. The molecule has 1 heterocycles. The molecule has 0 spiro atoms. The topological polar surface area (TPSA) is 122 Å². The van der Waals surface area contributed by atoms with Crippen LogP contribution in [0.15, 0.2) is 34.1 Å². The van der Waals surface area contributed by atoms with E-state index in [1.165, 1.54) is 5.57 Å². The fraction of sp³-hybridized carbons (Fsp3) is 0.793. The summed E-state index contributed by atoms with van der Waals surface area (Å²) in [7, 11) is 3.71. The second-order valence-corrected chi connectivity index (χ2v) is 12.5. The number of hydrogen-bond acceptors (Lipinski definition) is 9. The van der Waals surface area contributed by atoms with E-state index in [-0.39, 0.29) is 36.3 Å². The van der Waals surface area contributed by atoms with Crippen molar-refractivity contribution in [1.82, 2.24) is 5.01 Å². The zero-order valence-electron chi connectivity index (χ0n) is 23.6. The van der Waals surface area contributed by atoms with Crippen molar-refractivity contribution in [3.05, 3.63) is 23.8 Å². The molecule has 9 heteroatoms. The molecule has 212 valence electrons. The Bertz CT molecular complexity index is 1030. The lowest BCUT2D eigenvalue weighted by Gasteiger charge is -2.60. The van der Waals surface area contributed by atoms with E-state index in [9.17, 15) is 10.2 Å². The van der Waals surface area contributed by atoms with Gasteiger partial charge in [0.25, 0.3) is 0 Å². The number of hydrazone groups is 1. The number of rotatable bonds is 8. The van der Waals surface area contributed by atoms with Gasteiger partial charge in [0.2, 0.25) is 0 Å². The van der Waals surface area contributed by atoms with Crippen molar-refractivity contribution < 1.29 is 24.5 Å². The fourth-order valence-electron chi connectivity index (χ4n) is 8.73. The summed E-state index contributed by atoms with van der Waals surface area (Å²) in [4.78, 5) is 5.53. The van der Waals surface area contributed by atoms with Crippen LogP contribution < -0.4 is 5.73 Å². The second-order valence-electron chi connectivity index (χ2n) is 12.5. The Labute approximate surface area is 226 Å². The van der Waals surface area contributed by atoms with Gasteiger partial charge in [0.1, 0.15) is 17.9 Å². The van der Waals surface area contributed by atoms with E-state index in [0.29, 0.717) is 31.2 Å². The van der Waals surface area contributed by atoms with Crippen molar-refractivity contribution >= 4 is 11.4 Å². The zero-order chi connectivity index (χ0) is 27.3. The molecule has 0 aromatic heterocycles. The predicted octanol–water partition coefficient (Wildman–Crippen LogP) is 2.83. The molecule has 1 unspecified atom stereocenters. The number of nitrogens with two attached hydrogens (primary N) is 1. The Morgan fingerprint density at radius 1 is 1.29 bits per heavy atom. The van der Waals surface area contributed by atoms with E-state index < -0.39 is 17.1 Å². The molecule has 0 aromatic rings. The van der Waals surface area contributed by atoms with Crippen molar-refractivity contribution in [3.63, 3.8) is 0 Å². The van der Waals surface area contributed by atoms with E-state index in [1.807, 2.05) is 27.1 Å². The molecule has 0 amide bonds. The first-order valence-corrected chi connectivity index (χ1v) is 14.3. The third kappa shape index (κ3) is 4.17. The van der Waals surface area contributed by atoms with Crippen LogP contribution >= 0.6 is 0 Å². The van der Waals surface area contributed by atoms with E-state index in [4.69, 9.17) is 25.1 Å². The molecule has 4 N–H and O–H groups in total. The average Bonchev–Trinajstić information content (AvgIpc) is 3.32. The lowest BCUT2D eigenvalue weighted by atomic mass is 9.46. The van der Waals surface area contributed by atoms with Crippen LogP contribution in [0.4, 0.5) is 0 Å². The number of allylic oxidation sites excluding steroid dienone is 4. The SMILES string of the molecule is CC1O[C@@H]2C[C@H]3[C@@H]4CCC5=C/C(=N/OCCCCN)C=C[C@]5(C)[C@H]4[C@@H](O)C[C@]3(C)[C@]2(/C(CO)=N\N(C)C)O1. The molecule has 38 heavy (non-hydrogen) atoms. The first-order valence-electron chi connectivity index (χ1n) is 14.3. The summed E-state index contributed by atoms with van der Waals surface area (Å²) in [6, 6.07) is 0. The summed E-state index contributed by atoms with van der Waals surface area (Å²) in [6.45, 7) is 7.44. The Kier molecular flexibility index (Phi) is 7.54. The summed E-state index contributed by atoms with van der Waals surface area (Å²) < 4.78 is 13.0. The highest BCUT2D eigenvalue weighted by molar-refractivity contribution is 6.05. The Hall–Kier alpha value is -1.78. The van der Waals surface area contributed by atoms with E-state index >= 15 is 0 Å². The van der Waals surface area contributed by atoms with Gasteiger partial charge in [0.05, 0.1) is 24.5 Å². The Balaban J connectivity index is 1.45. The van der Waals surface area contributed by atoms with Crippen LogP contribution in [0.2, 0.25) is 0 Å². The minimum atomic E-state index is -0.859. The number of aliphatic hydroxyl groups excluding tert-OH is 2. The monoisotopic (exact) mass is 530 g/mol. The number of unbranched alkanes of at least 4 members (excludes halogenated alkanes) is 1. The highest BCUT2D eigenvalue weighted by Gasteiger charge is 2.74. The maximum absolute atomic E-state index is 11.9. The molecule has 9 atom stereocenters. The number of aliphatic hydroxyl groups is 2. The highest BCUT2D eigenvalue weighted by atomic mass is 16.7. The van der Waals surface area contributed by atoms with Crippen LogP contribution in [-0.2, 0) is 14.3 Å². The number of oxime groups is 1. The van der Waals surface area contributed by atoms with Gasteiger partial charge >= 0.3 is 0 Å². The van der Waals surface area contributed by atoms with Crippen molar-refractivity contribution in [2.45, 2.75) is 83.4 Å². The van der Waals surface area contributed by atoms with Gasteiger partial charge in [-0.05, 0) is 76.0 Å². The predicted molar refractivity (Wildman–Crippen MR) is 146 cm³/mol. The molecule has 5 rings (SSSR count). The number of nitrogens with zero attached hydrogens (tertiary/aromatic N) is 3. The van der Waals surface area contributed by atoms with Crippen molar-refractivity contribution in [2.24, 2.45) is 44.6 Å². The minimum Gasteiger partial charge on any atom is -0.395 e. The molecule has 1 saturated heterocycles. The fourth-order valence-corrected chi connectivity index (χ4v) is 8.73. The van der Waals surface area contributed by atoms with Crippen LogP contribution in [0.5, 0.6) is 0 Å². The Morgan fingerprint density at radius 3 is 2.79 bits per heavy atom. The largest absolute Gasteiger partial charge is 0.395 e. The molecule has 1 aliphatic heterocycles. The molecule has 0 radical (unpaired) electrons. The molecular weight excluding hydrogens is 484 g/mol. The third-order valence-electron chi connectivity index (χ3n) is 10.1. The van der Waals surface area contributed by atoms with Gasteiger partial charge in [-0.25, -0.2) is 0 Å². The molecule has 4 aliphatic carbocycles. The van der Waals surface area contributed by atoms with Crippen molar-refractivity contribution in [3.8, 4) is 0 Å². The summed E-state index contributed by atoms with van der Waals surface area (Å²) in [5.41, 5.74) is 6.78. The van der Waals surface area contributed by atoms with Crippen LogP contribution in [0, 0.1) is 28.6 Å². The Morgan fingerprint density at radius 2 is 2.08 bits per heavy atom. The van der Waals surface area contributed by atoms with Gasteiger partial charge in [-0.1, -0.05) is 30.7 Å². The maximum Gasteiger partial charge on any atom is 0.156 e. The van der Waals surface area contributed by atoms with Gasteiger partial charge in [-0.15, -0.1) is 0 Å². The summed E-state index contributed by atoms with van der Waals surface area (Å²) in [5.74, 6) is 0.659. The van der Waals surface area contributed by atoms with Crippen LogP contribution in [0.1, 0.15) is 59.3 Å². The molecule has 0 aromatic carbocycles. The lowest BCUT2D eigenvalue weighted by molar-refractivity contribution is -0.171. The van der Waals surface area contributed by atoms with Gasteiger partial charge in [0, 0.05) is 30.8 Å². The second kappa shape index (κ2) is 10.3. The van der Waals surface area contributed by atoms with E-state index in [0.717, 1.165) is 37.8 Å². The minimum absolute atomic E-state index is 0.0838. The third-order valence-corrected chi connectivity index (χ3v) is 10.1. The molecule has 3 saturated carbocycles. The maximum atomic E-state index is 11.9. The zero-order valence-corrected chi connectivity index (χ0v) is 23.6. The summed E-state index contributed by atoms with van der Waals surface area (Å²) >= 11 is 0. The lowest BCUT2D eigenvalue weighted by Crippen LogP contribution is -2.63. The standard InChI is InChI=1S/C29H46N4O5/c1-18-37-25-15-22-21-9-8-19-14-20(32-36-13-7-6-12-30)10-11-27(19,2)26(21)23(35)16-28(22,3)29(25,38-18)24(17-34)31-33(4)5/h10-11,14,18,21-23,25-26,34-35H,6-9,12-13,15-17,30H2,1-5H3/b31-24-,32-20+/t18?,21-,22-,23-,25+,26+,27-,28-,29+/m0/s1. The van der Waals surface area contributed by atoms with Gasteiger partial charge < -0.3 is 35.3 Å². The molecule has 5 aliphatic rings. The summed E-state index contributed by atoms with van der Waals surface area (Å²) in [6.07, 6.45) is 10.5. The van der Waals surface area contributed by atoms with Crippen LogP contribution in [0.3, 0.4) is 0 Å². The van der Waals surface area contributed by atoms with Gasteiger partial charge in [-0.2, -0.15) is 5.10 Å². The first-order chi connectivity index (χ1) is 18.1. The van der Waals surface area contributed by atoms with Crippen molar-refractivity contribution in [2.75, 3.05) is 33.9 Å². The first kappa shape index (κ1) is 27.8. The quantitative estimate of drug-likeness (QED) is 0.251. The van der Waals surface area contributed by atoms with Crippen molar-refractivity contribution in [1.29, 1.82) is 0 Å². The number of ether oxygens (including phenoxy) is 2. The molecular formula is C29H46N4O5. The van der Waals surface area contributed by atoms with Crippen LogP contribution in [0.25, 0.3) is 0 Å². The summed E-state index contributed by atoms with van der Waals surface area (Å²) in [5, 5.41) is 33.2. The average molecular weight is 531 g/mol. The van der Waals surface area contributed by atoms with Crippen LogP contribution in [-0.4, -0.2) is 84.6 Å².